The lowest BCUT2D eigenvalue weighted by molar-refractivity contribution is -0.156. The van der Waals surface area contributed by atoms with Gasteiger partial charge in [0.15, 0.2) is 0 Å². The molecule has 0 heterocycles. The van der Waals surface area contributed by atoms with Crippen LogP contribution >= 0.6 is 96.5 Å². The van der Waals surface area contributed by atoms with Gasteiger partial charge in [-0.25, -0.2) is 0 Å². The number of carboxylic acid groups (broad SMARTS) is 1. The molecule has 0 aliphatic heterocycles. The number of nitrogens with one attached hydrogen (secondary N) is 3. The van der Waals surface area contributed by atoms with E-state index in [1.165, 1.54) is 10.9 Å². The molecule has 8 rings (SSSR count). The molecule has 111 heavy (non-hydrogen) atoms. The molecule has 0 aromatic heterocycles. The molecule has 4 atom stereocenters. The van der Waals surface area contributed by atoms with Crippen molar-refractivity contribution >= 4 is 208 Å². The van der Waals surface area contributed by atoms with Crippen LogP contribution in [-0.2, 0) is 57.4 Å². The van der Waals surface area contributed by atoms with E-state index in [2.05, 4.69) is 108 Å². The number of nitrogens with zero attached hydrogens (tertiary/aromatic N) is 1. The number of aldehydes is 1. The Morgan fingerprint density at radius 1 is 0.495 bits per heavy atom. The molecule has 29 heteroatoms. The van der Waals surface area contributed by atoms with Gasteiger partial charge in [0.05, 0.1) is 31.6 Å². The van der Waals surface area contributed by atoms with Crippen LogP contribution in [0.3, 0.4) is 0 Å². The third-order valence-electron chi connectivity index (χ3n) is 16.4. The number of anilines is 3. The van der Waals surface area contributed by atoms with E-state index < -0.39 is 50.0 Å². The summed E-state index contributed by atoms with van der Waals surface area (Å²) in [5.74, 6) is 0.967. The molecule has 0 unspecified atom stereocenters. The van der Waals surface area contributed by atoms with E-state index in [1.807, 2.05) is 159 Å². The van der Waals surface area contributed by atoms with Crippen molar-refractivity contribution in [2.75, 3.05) is 63.3 Å². The first-order valence-corrected chi connectivity index (χ1v) is 42.0. The standard InChI is InChI=1S/C24H34BCl2NO3.C19H27BN2O3.C18H22Cl2N2O2.C10H8BrN.C9H19BINO3.C2H3ClO/c1-24(2,3)31-23(29)16-19(28-25(4)30)15-18-7-5-10-22-20(8-6-9-21(18)22)17(11-13-26)12-14-27;1-19(2,3)25-18(23)12-14(22-20(4)24)11-13-7-5-9-16-15(13)8-6-10-17(16)21;19-7-9-22(10-8-20)17-6-2-4-15-13(3-1-5-16(15)17)11-14(21)12-18(23)24;11-9-5-1-4-8-7(9)3-2-6-10(8)12;1-9(2,3)15-8(13)5-7(6-11)12-10(4)14;3-1-2-4/h5-10,17,19,28,30H,11-16H2,1-4H3;5-10,14,22,24H,11-12,21H2,1-4H3;1-6,14H,7-12,21H2,(H,23,24);1-6H,12H2;7,12,14H,5-6H2,1-4H3;2H,1H2/t19-;2*14-;;7-;/m000.1./s1. The molecule has 19 nitrogen and oxygen atoms in total. The minimum Gasteiger partial charge on any atom is -0.481 e. The SMILES string of the molecule is CB(O)N[C@@H](CI)CC(=O)OC(C)(C)C.CB(O)N[C@H](CC(=O)OC(C)(C)C)Cc1cccc2c(C(CCCl)CCCl)cccc12.CB(O)N[C@H](CC(=O)OC(C)(C)C)Cc1cccc2c(N)cccc12.N[C@H](CC(=O)O)Cc1cccc2c(N(CCCl)CCCl)cccc12.Nc1cccc2c(Br)cccc12.O=CCCl. The fraction of sp³-hybridized carbons (Fsp3) is 0.451. The number of carboxylic acids is 1. The van der Waals surface area contributed by atoms with Gasteiger partial charge in [0.25, 0.3) is 0 Å². The average molecular weight is 1810 g/mol. The van der Waals surface area contributed by atoms with Crippen molar-refractivity contribution in [2.45, 2.75) is 187 Å². The summed E-state index contributed by atoms with van der Waals surface area (Å²) in [4.78, 5) is 58.1. The summed E-state index contributed by atoms with van der Waals surface area (Å²) in [6.45, 7) is 23.0. The summed E-state index contributed by atoms with van der Waals surface area (Å²) < 4.78 is 17.9. The monoisotopic (exact) mass is 1800 g/mol. The van der Waals surface area contributed by atoms with Crippen molar-refractivity contribution in [3.8, 4) is 0 Å². The van der Waals surface area contributed by atoms with Crippen molar-refractivity contribution in [1.29, 1.82) is 0 Å². The number of fused-ring (bicyclic) bond motifs is 4. The largest absolute Gasteiger partial charge is 0.481 e. The normalized spacial score (nSPS) is 12.3. The van der Waals surface area contributed by atoms with Crippen LogP contribution in [0.15, 0.2) is 150 Å². The number of nitrogen functional groups attached to an aromatic ring is 2. The maximum absolute atomic E-state index is 12.4. The fourth-order valence-corrected chi connectivity index (χ4v) is 14.3. The summed E-state index contributed by atoms with van der Waals surface area (Å²) in [5.41, 5.74) is 23.5. The Kier molecular flexibility index (Phi) is 46.0. The number of nitrogens with two attached hydrogens (primary N) is 3. The first kappa shape index (κ1) is 99.5. The van der Waals surface area contributed by atoms with Crippen molar-refractivity contribution in [2.24, 2.45) is 5.73 Å². The van der Waals surface area contributed by atoms with E-state index in [-0.39, 0.29) is 67.6 Å². The highest BCUT2D eigenvalue weighted by Gasteiger charge is 2.27. The van der Waals surface area contributed by atoms with Gasteiger partial charge in [0.2, 0.25) is 0 Å². The number of halogens is 7. The van der Waals surface area contributed by atoms with Gasteiger partial charge in [-0.1, -0.05) is 160 Å². The number of ether oxygens (including phenoxy) is 3. The zero-order chi connectivity index (χ0) is 83.2. The quantitative estimate of drug-likeness (QED) is 0.00356. The van der Waals surface area contributed by atoms with Gasteiger partial charge < -0.3 is 77.0 Å². The summed E-state index contributed by atoms with van der Waals surface area (Å²) >= 11 is 34.4. The van der Waals surface area contributed by atoms with E-state index in [0.29, 0.717) is 55.0 Å². The van der Waals surface area contributed by atoms with E-state index >= 15 is 0 Å². The molecule has 606 valence electrons. The minimum atomic E-state index is -0.876. The van der Waals surface area contributed by atoms with Gasteiger partial charge >= 0.3 is 45.0 Å². The van der Waals surface area contributed by atoms with Crippen LogP contribution < -0.4 is 37.8 Å². The van der Waals surface area contributed by atoms with E-state index in [1.54, 1.807) is 20.5 Å². The number of carbonyl (C=O) groups is 5. The predicted molar refractivity (Wildman–Crippen MR) is 480 cm³/mol. The molecule has 13 N–H and O–H groups in total. The second kappa shape index (κ2) is 51.3. The van der Waals surface area contributed by atoms with Gasteiger partial charge in [-0.2, -0.15) is 0 Å². The van der Waals surface area contributed by atoms with Crippen LogP contribution in [0.1, 0.15) is 129 Å². The lowest BCUT2D eigenvalue weighted by Crippen LogP contribution is -2.43. The topological polar surface area (TPSA) is 311 Å². The zero-order valence-corrected chi connectivity index (χ0v) is 73.5. The Hall–Kier alpha value is -5.68. The summed E-state index contributed by atoms with van der Waals surface area (Å²) in [5, 5.41) is 55.6. The Balaban J connectivity index is 0.000000366. The Morgan fingerprint density at radius 2 is 0.838 bits per heavy atom. The molecule has 8 aromatic rings. The maximum atomic E-state index is 12.4. The lowest BCUT2D eigenvalue weighted by atomic mass is 9.84. The fourth-order valence-electron chi connectivity index (χ4n) is 12.3. The van der Waals surface area contributed by atoms with Crippen molar-refractivity contribution in [3.63, 3.8) is 0 Å². The molecule has 0 saturated carbocycles. The second-order valence-corrected chi connectivity index (χ2v) is 33.2. The van der Waals surface area contributed by atoms with Crippen LogP contribution in [0, 0.1) is 0 Å². The highest BCUT2D eigenvalue weighted by molar-refractivity contribution is 14.1. The van der Waals surface area contributed by atoms with Crippen LogP contribution in [0.5, 0.6) is 0 Å². The van der Waals surface area contributed by atoms with Crippen molar-refractivity contribution in [1.82, 2.24) is 15.7 Å². The Bertz CT molecular complexity index is 4110. The van der Waals surface area contributed by atoms with Gasteiger partial charge in [0, 0.05) is 103 Å². The number of rotatable bonds is 32. The molecule has 0 amide bonds. The molecule has 0 fully saturated rings. The second-order valence-electron chi connectivity index (χ2n) is 29.6. The third-order valence-corrected chi connectivity index (χ3v) is 19.1. The van der Waals surface area contributed by atoms with Crippen molar-refractivity contribution in [3.05, 3.63) is 172 Å². The zero-order valence-electron chi connectivity index (χ0n) is 66.0. The molecule has 0 aliphatic rings. The van der Waals surface area contributed by atoms with Gasteiger partial charge in [-0.15, -0.1) is 58.0 Å². The first-order valence-electron chi connectivity index (χ1n) is 37.0. The van der Waals surface area contributed by atoms with Gasteiger partial charge in [0.1, 0.15) is 23.1 Å². The lowest BCUT2D eigenvalue weighted by Gasteiger charge is -2.25. The molecule has 0 spiro atoms. The summed E-state index contributed by atoms with van der Waals surface area (Å²) in [6, 6.07) is 47.6. The van der Waals surface area contributed by atoms with Crippen molar-refractivity contribution < 1.29 is 58.4 Å². The smallest absolute Gasteiger partial charge is 0.373 e. The van der Waals surface area contributed by atoms with Gasteiger partial charge in [-0.05, 0) is 194 Å². The number of aliphatic carboxylic acids is 1. The van der Waals surface area contributed by atoms with Gasteiger partial charge in [-0.3, -0.25) is 19.2 Å². The van der Waals surface area contributed by atoms with Crippen LogP contribution in [0.2, 0.25) is 20.5 Å². The molecule has 0 radical (unpaired) electrons. The number of carbonyl (C=O) groups excluding carboxylic acids is 4. The number of hydrogen-bond donors (Lipinski definition) is 10. The molecule has 0 bridgehead atoms. The Morgan fingerprint density at radius 3 is 1.23 bits per heavy atom. The van der Waals surface area contributed by atoms with E-state index in [4.69, 9.17) is 104 Å². The summed E-state index contributed by atoms with van der Waals surface area (Å²) in [6.07, 6.45) is 4.71. The number of esters is 3. The molecule has 8 aromatic carbocycles. The molecular weight excluding hydrogens is 1690 g/mol. The third kappa shape index (κ3) is 38.6. The maximum Gasteiger partial charge on any atom is 0.373 e. The summed E-state index contributed by atoms with van der Waals surface area (Å²) in [7, 11) is -2.05. The van der Waals surface area contributed by atoms with E-state index in [0.717, 1.165) is 106 Å². The van der Waals surface area contributed by atoms with Crippen LogP contribution in [0.25, 0.3) is 43.1 Å². The first-order chi connectivity index (χ1) is 52.3. The highest BCUT2D eigenvalue weighted by atomic mass is 127. The number of hydrogen-bond acceptors (Lipinski definition) is 18. The molecule has 0 saturated heterocycles. The predicted octanol–water partition coefficient (Wildman–Crippen LogP) is 16.6. The molecule has 0 aliphatic carbocycles. The highest BCUT2D eigenvalue weighted by Crippen LogP contribution is 2.35. The minimum absolute atomic E-state index is 0.0410. The van der Waals surface area contributed by atoms with Crippen LogP contribution in [-0.4, -0.2) is 159 Å². The van der Waals surface area contributed by atoms with E-state index in [9.17, 15) is 29.2 Å². The number of benzene rings is 8. The Labute approximate surface area is 705 Å². The molecular formula is C82H113B3BrCl5IN7O12. The number of alkyl halides is 6. The average Bonchev–Trinajstić information content (AvgIpc) is 0.799. The van der Waals surface area contributed by atoms with Crippen LogP contribution in [0.4, 0.5) is 17.1 Å².